The van der Waals surface area contributed by atoms with Crippen LogP contribution in [0.25, 0.3) is 10.9 Å². The maximum Gasteiger partial charge on any atom is 0.212 e. The van der Waals surface area contributed by atoms with E-state index in [1.54, 1.807) is 7.11 Å². The molecule has 0 fully saturated rings. The van der Waals surface area contributed by atoms with Gasteiger partial charge < -0.3 is 14.6 Å². The maximum absolute atomic E-state index is 12.4. The van der Waals surface area contributed by atoms with Crippen LogP contribution in [0.5, 0.6) is 5.75 Å². The van der Waals surface area contributed by atoms with E-state index in [0.29, 0.717) is 6.42 Å². The Balaban J connectivity index is 1.60. The number of fused-ring (bicyclic) bond motifs is 1. The number of likely N-dealkylation sites (N-methyl/N-ethyl adjacent to an activating group) is 1. The zero-order chi connectivity index (χ0) is 20.9. The number of hydrogen-bond acceptors (Lipinski definition) is 4. The van der Waals surface area contributed by atoms with E-state index in [-0.39, 0.29) is 12.3 Å². The van der Waals surface area contributed by atoms with Crippen LogP contribution < -0.4 is 9.46 Å². The molecule has 6 nitrogen and oxygen atoms in total. The topological polar surface area (TPSA) is 74.4 Å². The zero-order valence-corrected chi connectivity index (χ0v) is 18.1. The fourth-order valence-electron chi connectivity index (χ4n) is 3.19. The van der Waals surface area contributed by atoms with Crippen molar-refractivity contribution < 1.29 is 13.2 Å². The number of aromatic amines is 1. The van der Waals surface area contributed by atoms with Crippen LogP contribution in [0.2, 0.25) is 0 Å². The number of H-pyrrole nitrogens is 1. The third-order valence-corrected chi connectivity index (χ3v) is 6.30. The summed E-state index contributed by atoms with van der Waals surface area (Å²) in [6.45, 7) is 1.25. The lowest BCUT2D eigenvalue weighted by atomic mass is 10.1. The van der Waals surface area contributed by atoms with E-state index in [0.717, 1.165) is 35.4 Å². The second-order valence-corrected chi connectivity index (χ2v) is 9.41. The molecule has 2 N–H and O–H groups in total. The van der Waals surface area contributed by atoms with Crippen molar-refractivity contribution >= 4 is 20.9 Å². The molecular formula is C22H29N3O3S. The summed E-state index contributed by atoms with van der Waals surface area (Å²) < 4.78 is 32.6. The molecule has 0 radical (unpaired) electrons. The smallest absolute Gasteiger partial charge is 0.212 e. The predicted octanol–water partition coefficient (Wildman–Crippen LogP) is 2.94. The van der Waals surface area contributed by atoms with Gasteiger partial charge in [0.15, 0.2) is 0 Å². The van der Waals surface area contributed by atoms with E-state index < -0.39 is 10.0 Å². The monoisotopic (exact) mass is 415 g/mol. The summed E-state index contributed by atoms with van der Waals surface area (Å²) in [6.07, 6.45) is 3.48. The third-order valence-electron chi connectivity index (χ3n) is 4.97. The Hall–Kier alpha value is -2.35. The van der Waals surface area contributed by atoms with Crippen molar-refractivity contribution in [1.29, 1.82) is 0 Å². The van der Waals surface area contributed by atoms with Crippen molar-refractivity contribution in [2.75, 3.05) is 33.5 Å². The summed E-state index contributed by atoms with van der Waals surface area (Å²) in [5.74, 6) is 0.813. The molecule has 29 heavy (non-hydrogen) atoms. The van der Waals surface area contributed by atoms with Gasteiger partial charge in [-0.3, -0.25) is 0 Å². The average Bonchev–Trinajstić information content (AvgIpc) is 3.12. The molecule has 0 unspecified atom stereocenters. The number of hydrogen-bond donors (Lipinski definition) is 2. The second kappa shape index (κ2) is 9.43. The Morgan fingerprint density at radius 2 is 1.76 bits per heavy atom. The van der Waals surface area contributed by atoms with Gasteiger partial charge in [0.25, 0.3) is 0 Å². The van der Waals surface area contributed by atoms with Crippen LogP contribution in [-0.4, -0.2) is 51.8 Å². The standard InChI is InChI=1S/C22H29N3O3S/c1-25(2)12-10-19-16-23-22-9-6-17(14-21(19)22)11-13-29(26,27)24-15-18-4-7-20(28-3)8-5-18/h4-9,14,16,23-24H,10-13,15H2,1-3H3. The van der Waals surface area contributed by atoms with E-state index in [2.05, 4.69) is 34.8 Å². The van der Waals surface area contributed by atoms with Gasteiger partial charge in [0.1, 0.15) is 5.75 Å². The molecule has 0 aliphatic rings. The fraction of sp³-hybridized carbons (Fsp3) is 0.364. The van der Waals surface area contributed by atoms with Gasteiger partial charge >= 0.3 is 0 Å². The number of methoxy groups -OCH3 is 1. The summed E-state index contributed by atoms with van der Waals surface area (Å²) in [6, 6.07) is 13.5. The Kier molecular flexibility index (Phi) is 6.95. The van der Waals surface area contributed by atoms with Crippen LogP contribution in [-0.2, 0) is 29.4 Å². The molecule has 0 saturated heterocycles. The average molecular weight is 416 g/mol. The highest BCUT2D eigenvalue weighted by atomic mass is 32.2. The van der Waals surface area contributed by atoms with E-state index in [1.165, 1.54) is 10.9 Å². The molecule has 1 aromatic heterocycles. The number of nitrogens with one attached hydrogen (secondary N) is 2. The first-order valence-corrected chi connectivity index (χ1v) is 11.4. The molecule has 0 atom stereocenters. The SMILES string of the molecule is COc1ccc(CNS(=O)(=O)CCc2ccc3[nH]cc(CCN(C)C)c3c2)cc1. The van der Waals surface area contributed by atoms with Crippen molar-refractivity contribution in [2.45, 2.75) is 19.4 Å². The lowest BCUT2D eigenvalue weighted by molar-refractivity contribution is 0.414. The minimum Gasteiger partial charge on any atom is -0.497 e. The molecule has 0 saturated carbocycles. The first-order chi connectivity index (χ1) is 13.9. The van der Waals surface area contributed by atoms with Crippen molar-refractivity contribution in [3.8, 4) is 5.75 Å². The molecule has 1 heterocycles. The highest BCUT2D eigenvalue weighted by Gasteiger charge is 2.12. The van der Waals surface area contributed by atoms with Gasteiger partial charge in [0.05, 0.1) is 12.9 Å². The number of sulfonamides is 1. The molecule has 0 aliphatic heterocycles. The van der Waals surface area contributed by atoms with Crippen LogP contribution in [0.1, 0.15) is 16.7 Å². The molecule has 156 valence electrons. The minimum atomic E-state index is -3.36. The number of benzene rings is 2. The molecule has 0 spiro atoms. The van der Waals surface area contributed by atoms with Crippen LogP contribution in [0.3, 0.4) is 0 Å². The highest BCUT2D eigenvalue weighted by molar-refractivity contribution is 7.89. The van der Waals surface area contributed by atoms with Crippen molar-refractivity contribution in [1.82, 2.24) is 14.6 Å². The van der Waals surface area contributed by atoms with E-state index in [1.807, 2.05) is 42.6 Å². The first-order valence-electron chi connectivity index (χ1n) is 9.70. The zero-order valence-electron chi connectivity index (χ0n) is 17.2. The Bertz CT molecular complexity index is 1040. The summed E-state index contributed by atoms with van der Waals surface area (Å²) >= 11 is 0. The Morgan fingerprint density at radius 1 is 1.03 bits per heavy atom. The second-order valence-electron chi connectivity index (χ2n) is 7.49. The van der Waals surface area contributed by atoms with Gasteiger partial charge in [-0.25, -0.2) is 13.1 Å². The van der Waals surface area contributed by atoms with E-state index >= 15 is 0 Å². The van der Waals surface area contributed by atoms with Gasteiger partial charge in [-0.05, 0) is 67.9 Å². The predicted molar refractivity (Wildman–Crippen MR) is 118 cm³/mol. The molecule has 0 bridgehead atoms. The van der Waals surface area contributed by atoms with Crippen LogP contribution in [0.15, 0.2) is 48.7 Å². The normalized spacial score (nSPS) is 12.0. The van der Waals surface area contributed by atoms with Gasteiger partial charge in [0.2, 0.25) is 10.0 Å². The molecule has 0 aliphatic carbocycles. The summed E-state index contributed by atoms with van der Waals surface area (Å²) in [5, 5.41) is 1.17. The van der Waals surface area contributed by atoms with Crippen molar-refractivity contribution in [3.05, 3.63) is 65.4 Å². The summed E-state index contributed by atoms with van der Waals surface area (Å²) in [4.78, 5) is 5.46. The number of rotatable bonds is 10. The number of ether oxygens (including phenoxy) is 1. The van der Waals surface area contributed by atoms with Crippen molar-refractivity contribution in [2.24, 2.45) is 0 Å². The Morgan fingerprint density at radius 3 is 2.45 bits per heavy atom. The lowest BCUT2D eigenvalue weighted by Crippen LogP contribution is -2.26. The molecule has 3 aromatic rings. The molecule has 2 aromatic carbocycles. The van der Waals surface area contributed by atoms with Crippen LogP contribution in [0, 0.1) is 0 Å². The van der Waals surface area contributed by atoms with Gasteiger partial charge in [-0.15, -0.1) is 0 Å². The lowest BCUT2D eigenvalue weighted by Gasteiger charge is -2.09. The molecule has 7 heteroatoms. The van der Waals surface area contributed by atoms with Crippen LogP contribution in [0.4, 0.5) is 0 Å². The molecule has 3 rings (SSSR count). The third kappa shape index (κ3) is 6.06. The minimum absolute atomic E-state index is 0.0616. The number of nitrogens with zero attached hydrogens (tertiary/aromatic N) is 1. The van der Waals surface area contributed by atoms with Gasteiger partial charge in [0, 0.05) is 30.2 Å². The summed E-state index contributed by atoms with van der Waals surface area (Å²) in [7, 11) is 2.36. The van der Waals surface area contributed by atoms with Gasteiger partial charge in [-0.1, -0.05) is 18.2 Å². The fourth-order valence-corrected chi connectivity index (χ4v) is 4.23. The Labute approximate surface area is 172 Å². The van der Waals surface area contributed by atoms with Crippen LogP contribution >= 0.6 is 0 Å². The van der Waals surface area contributed by atoms with Gasteiger partial charge in [-0.2, -0.15) is 0 Å². The van der Waals surface area contributed by atoms with Crippen molar-refractivity contribution in [3.63, 3.8) is 0 Å². The number of aromatic nitrogens is 1. The molecule has 0 amide bonds. The number of aryl methyl sites for hydroxylation is 1. The summed E-state index contributed by atoms with van der Waals surface area (Å²) in [5.41, 5.74) is 4.27. The maximum atomic E-state index is 12.4. The van der Waals surface area contributed by atoms with E-state index in [4.69, 9.17) is 4.74 Å². The molecular weight excluding hydrogens is 386 g/mol. The quantitative estimate of drug-likeness (QED) is 0.534. The largest absolute Gasteiger partial charge is 0.497 e. The highest BCUT2D eigenvalue weighted by Crippen LogP contribution is 2.21. The first kappa shape index (κ1) is 21.4. The van der Waals surface area contributed by atoms with E-state index in [9.17, 15) is 8.42 Å².